The molecule has 3 amide bonds. The van der Waals surface area contributed by atoms with E-state index in [1.54, 1.807) is 35.4 Å². The molecule has 5 rings (SSSR count). The quantitative estimate of drug-likeness (QED) is 0.270. The molecule has 0 radical (unpaired) electrons. The average molecular weight is 585 g/mol. The Morgan fingerprint density at radius 1 is 1.15 bits per heavy atom. The van der Waals surface area contributed by atoms with Crippen molar-refractivity contribution in [1.82, 2.24) is 9.97 Å². The van der Waals surface area contributed by atoms with Crippen molar-refractivity contribution in [2.45, 2.75) is 26.8 Å². The molecule has 0 unspecified atom stereocenters. The minimum Gasteiger partial charge on any atom is -0.495 e. The number of halogens is 2. The van der Waals surface area contributed by atoms with E-state index in [0.717, 1.165) is 12.8 Å². The first kappa shape index (κ1) is 29.0. The lowest BCUT2D eigenvalue weighted by Gasteiger charge is -2.37. The number of nitrogens with one attached hydrogen (secondary N) is 2. The summed E-state index contributed by atoms with van der Waals surface area (Å²) in [6.07, 6.45) is 4.91. The SMILES string of the molecule is C.C=CC(=O)Nc1ccccc1Nc1ncc2c(n1)N(CC1CC1)C(=O)N(c1c(Cl)c(OC)cc(OC)c1Cl)C2. The van der Waals surface area contributed by atoms with E-state index < -0.39 is 0 Å². The van der Waals surface area contributed by atoms with Crippen molar-refractivity contribution in [2.24, 2.45) is 5.92 Å². The van der Waals surface area contributed by atoms with Crippen LogP contribution >= 0.6 is 23.2 Å². The molecule has 1 fully saturated rings. The van der Waals surface area contributed by atoms with Crippen molar-refractivity contribution in [3.63, 3.8) is 0 Å². The molecule has 0 saturated heterocycles. The van der Waals surface area contributed by atoms with E-state index in [0.29, 0.717) is 52.4 Å². The first-order valence-electron chi connectivity index (χ1n) is 12.2. The molecule has 1 aliphatic heterocycles. The maximum Gasteiger partial charge on any atom is 0.330 e. The van der Waals surface area contributed by atoms with E-state index in [4.69, 9.17) is 37.7 Å². The normalized spacial score (nSPS) is 14.2. The Morgan fingerprint density at radius 3 is 2.40 bits per heavy atom. The van der Waals surface area contributed by atoms with Crippen LogP contribution in [0.4, 0.5) is 33.6 Å². The summed E-state index contributed by atoms with van der Waals surface area (Å²) in [4.78, 5) is 38.1. The molecule has 2 N–H and O–H groups in total. The largest absolute Gasteiger partial charge is 0.495 e. The summed E-state index contributed by atoms with van der Waals surface area (Å²) >= 11 is 13.3. The topological polar surface area (TPSA) is 109 Å². The van der Waals surface area contributed by atoms with Gasteiger partial charge in [0, 0.05) is 24.4 Å². The lowest BCUT2D eigenvalue weighted by atomic mass is 10.1. The fraction of sp³-hybridized carbons (Fsp3) is 0.286. The third-order valence-electron chi connectivity index (χ3n) is 6.46. The molecule has 0 bridgehead atoms. The van der Waals surface area contributed by atoms with Crippen molar-refractivity contribution in [2.75, 3.05) is 41.2 Å². The van der Waals surface area contributed by atoms with E-state index in [1.807, 2.05) is 6.07 Å². The van der Waals surface area contributed by atoms with E-state index in [1.165, 1.54) is 25.2 Å². The number of anilines is 5. The van der Waals surface area contributed by atoms with Gasteiger partial charge in [0.1, 0.15) is 27.4 Å². The number of rotatable bonds is 9. The highest BCUT2D eigenvalue weighted by atomic mass is 35.5. The number of fused-ring (bicyclic) bond motifs is 1. The van der Waals surface area contributed by atoms with Gasteiger partial charge >= 0.3 is 6.03 Å². The fourth-order valence-corrected chi connectivity index (χ4v) is 5.00. The Balaban J connectivity index is 0.00000370. The molecule has 1 saturated carbocycles. The second-order valence-corrected chi connectivity index (χ2v) is 9.84. The van der Waals surface area contributed by atoms with Crippen LogP contribution in [-0.4, -0.2) is 42.7 Å². The van der Waals surface area contributed by atoms with Crippen molar-refractivity contribution in [3.05, 3.63) is 64.8 Å². The summed E-state index contributed by atoms with van der Waals surface area (Å²) < 4.78 is 10.8. The van der Waals surface area contributed by atoms with Gasteiger partial charge < -0.3 is 20.1 Å². The van der Waals surface area contributed by atoms with Crippen molar-refractivity contribution < 1.29 is 19.1 Å². The van der Waals surface area contributed by atoms with Crippen molar-refractivity contribution >= 4 is 64.0 Å². The van der Waals surface area contributed by atoms with E-state index in [9.17, 15) is 9.59 Å². The van der Waals surface area contributed by atoms with Gasteiger partial charge in [0.25, 0.3) is 0 Å². The molecule has 3 aromatic rings. The summed E-state index contributed by atoms with van der Waals surface area (Å²) in [5, 5.41) is 6.30. The molecular weight excluding hydrogens is 555 g/mol. The predicted octanol–water partition coefficient (Wildman–Crippen LogP) is 6.66. The lowest BCUT2D eigenvalue weighted by Crippen LogP contribution is -2.49. The Hall–Kier alpha value is -4.02. The molecule has 0 spiro atoms. The maximum absolute atomic E-state index is 13.9. The molecule has 0 atom stereocenters. The summed E-state index contributed by atoms with van der Waals surface area (Å²) in [7, 11) is 2.96. The first-order chi connectivity index (χ1) is 18.8. The molecule has 210 valence electrons. The summed E-state index contributed by atoms with van der Waals surface area (Å²) in [6.45, 7) is 4.12. The third kappa shape index (κ3) is 5.64. The Kier molecular flexibility index (Phi) is 8.70. The van der Waals surface area contributed by atoms with Gasteiger partial charge in [-0.1, -0.05) is 49.3 Å². The number of benzene rings is 2. The first-order valence-corrected chi connectivity index (χ1v) is 12.9. The number of para-hydroxylation sites is 2. The number of nitrogens with zero attached hydrogens (tertiary/aromatic N) is 4. The van der Waals surface area contributed by atoms with E-state index in [-0.39, 0.29) is 41.9 Å². The van der Waals surface area contributed by atoms with Crippen LogP contribution in [-0.2, 0) is 11.3 Å². The van der Waals surface area contributed by atoms with Gasteiger partial charge in [0.15, 0.2) is 0 Å². The van der Waals surface area contributed by atoms with Gasteiger partial charge in [0.05, 0.1) is 37.8 Å². The Morgan fingerprint density at radius 2 is 1.80 bits per heavy atom. The number of aromatic nitrogens is 2. The monoisotopic (exact) mass is 584 g/mol. The molecule has 2 aromatic carbocycles. The number of carbonyl (C=O) groups is 2. The highest BCUT2D eigenvalue weighted by molar-refractivity contribution is 6.42. The van der Waals surface area contributed by atoms with E-state index in [2.05, 4.69) is 22.2 Å². The second kappa shape index (κ2) is 12.0. The van der Waals surface area contributed by atoms with Crippen molar-refractivity contribution in [3.8, 4) is 11.5 Å². The van der Waals surface area contributed by atoms with Crippen LogP contribution in [0.15, 0.2) is 49.2 Å². The Labute approximate surface area is 242 Å². The zero-order chi connectivity index (χ0) is 27.7. The van der Waals surface area contributed by atoms with Gasteiger partial charge in [-0.05, 0) is 37.0 Å². The average Bonchev–Trinajstić information content (AvgIpc) is 3.76. The van der Waals surface area contributed by atoms with Crippen LogP contribution in [0.5, 0.6) is 11.5 Å². The van der Waals surface area contributed by atoms with Crippen LogP contribution in [0, 0.1) is 5.92 Å². The highest BCUT2D eigenvalue weighted by Gasteiger charge is 2.39. The lowest BCUT2D eigenvalue weighted by molar-refractivity contribution is -0.111. The minimum absolute atomic E-state index is 0. The van der Waals surface area contributed by atoms with E-state index >= 15 is 0 Å². The molecule has 2 aliphatic rings. The van der Waals surface area contributed by atoms with Crippen molar-refractivity contribution in [1.29, 1.82) is 0 Å². The van der Waals surface area contributed by atoms with Crippen LogP contribution in [0.2, 0.25) is 10.0 Å². The van der Waals surface area contributed by atoms with Crippen LogP contribution < -0.4 is 29.9 Å². The minimum atomic E-state index is -0.344. The molecular formula is C28H30Cl2N6O4. The fourth-order valence-electron chi connectivity index (χ4n) is 4.29. The number of hydrogen-bond acceptors (Lipinski definition) is 7. The van der Waals surface area contributed by atoms with Crippen LogP contribution in [0.1, 0.15) is 25.8 Å². The predicted molar refractivity (Wildman–Crippen MR) is 159 cm³/mol. The van der Waals surface area contributed by atoms with Gasteiger partial charge in [-0.15, -0.1) is 0 Å². The highest BCUT2D eigenvalue weighted by Crippen LogP contribution is 2.48. The summed E-state index contributed by atoms with van der Waals surface area (Å²) in [5.41, 5.74) is 2.13. The maximum atomic E-state index is 13.9. The van der Waals surface area contributed by atoms with Crippen LogP contribution in [0.25, 0.3) is 0 Å². The molecule has 12 heteroatoms. The number of methoxy groups -OCH3 is 2. The third-order valence-corrected chi connectivity index (χ3v) is 7.19. The van der Waals surface area contributed by atoms with Gasteiger partial charge in [-0.2, -0.15) is 4.98 Å². The van der Waals surface area contributed by atoms with Crippen LogP contribution in [0.3, 0.4) is 0 Å². The summed E-state index contributed by atoms with van der Waals surface area (Å²) in [6, 6.07) is 8.41. The van der Waals surface area contributed by atoms with Gasteiger partial charge in [-0.3, -0.25) is 14.6 Å². The number of carbonyl (C=O) groups excluding carboxylic acids is 2. The molecule has 1 aromatic heterocycles. The standard InChI is InChI=1S/C27H26Cl2N6O4.CH4/c1-4-21(36)31-17-7-5-6-8-18(17)32-26-30-12-16-14-34(27(37)35(25(16)33-26)13-15-9-10-15)24-22(28)19(38-2)11-20(39-3)23(24)29;/h4-8,11-12,15H,1,9-10,13-14H2,2-3H3,(H,31,36)(H,30,32,33);1H4. The number of urea groups is 1. The zero-order valence-electron chi connectivity index (χ0n) is 21.3. The second-order valence-electron chi connectivity index (χ2n) is 9.09. The number of amides is 3. The van der Waals surface area contributed by atoms with Gasteiger partial charge in [0.2, 0.25) is 11.9 Å². The number of hydrogen-bond donors (Lipinski definition) is 2. The molecule has 40 heavy (non-hydrogen) atoms. The smallest absolute Gasteiger partial charge is 0.330 e. The summed E-state index contributed by atoms with van der Waals surface area (Å²) in [5.74, 6) is 1.46. The number of ether oxygens (including phenoxy) is 2. The molecule has 2 heterocycles. The molecule has 10 nitrogen and oxygen atoms in total. The zero-order valence-corrected chi connectivity index (χ0v) is 22.8. The van der Waals surface area contributed by atoms with Gasteiger partial charge in [-0.25, -0.2) is 9.78 Å². The molecule has 1 aliphatic carbocycles. The Bertz CT molecular complexity index is 1430.